The van der Waals surface area contributed by atoms with E-state index < -0.39 is 6.10 Å². The Bertz CT molecular complexity index is 1620. The number of unbranched alkanes of at least 4 members (excludes halogenated alkanes) is 33. The molecule has 0 spiro atoms. The highest BCUT2D eigenvalue weighted by atomic mass is 16.6. The van der Waals surface area contributed by atoms with Crippen molar-refractivity contribution in [2.45, 2.75) is 335 Å². The molecule has 1 atom stereocenters. The van der Waals surface area contributed by atoms with Crippen LogP contribution in [-0.2, 0) is 28.6 Å². The fourth-order valence-electron chi connectivity index (χ4n) is 9.66. The second-order valence-corrected chi connectivity index (χ2v) is 22.7. The second kappa shape index (κ2) is 68.6. The van der Waals surface area contributed by atoms with Crippen molar-refractivity contribution in [1.29, 1.82) is 0 Å². The molecule has 0 amide bonds. The first-order chi connectivity index (χ1) is 40.0. The highest BCUT2D eigenvalue weighted by molar-refractivity contribution is 5.71. The molecule has 0 fully saturated rings. The van der Waals surface area contributed by atoms with Crippen molar-refractivity contribution < 1.29 is 28.6 Å². The lowest BCUT2D eigenvalue weighted by Gasteiger charge is -2.18. The lowest BCUT2D eigenvalue weighted by molar-refractivity contribution is -0.167. The number of ether oxygens (including phenoxy) is 3. The summed E-state index contributed by atoms with van der Waals surface area (Å²) in [5.74, 6) is -0.911. The molecule has 0 saturated heterocycles. The fraction of sp³-hybridized carbons (Fsp3) is 0.720. The van der Waals surface area contributed by atoms with Crippen LogP contribution in [0.2, 0.25) is 0 Å². The SMILES string of the molecule is CC/C=C\C/C=C\C/C=C\C/C=C\CCCCCCCCCCCCCCCCCCC(=O)OCC(COC(=O)CCCCC/C=C\C/C=C\C/C=C\CC)OC(=O)CCCCCCCCCCC/C=C\C/C=C\CCCCCCC. The minimum absolute atomic E-state index is 0.0878. The number of hydrogen-bond acceptors (Lipinski definition) is 6. The van der Waals surface area contributed by atoms with Crippen LogP contribution >= 0.6 is 0 Å². The van der Waals surface area contributed by atoms with E-state index in [9.17, 15) is 14.4 Å². The monoisotopic (exact) mass is 1120 g/mol. The number of allylic oxidation sites excluding steroid dienone is 18. The average Bonchev–Trinajstić information content (AvgIpc) is 3.46. The number of hydrogen-bond donors (Lipinski definition) is 0. The van der Waals surface area contributed by atoms with Gasteiger partial charge < -0.3 is 14.2 Å². The summed E-state index contributed by atoms with van der Waals surface area (Å²) in [5, 5.41) is 0. The molecule has 0 N–H and O–H groups in total. The molecule has 6 heteroatoms. The first-order valence-electron chi connectivity index (χ1n) is 34.4. The maximum atomic E-state index is 12.9. The zero-order chi connectivity index (χ0) is 58.5. The van der Waals surface area contributed by atoms with Crippen molar-refractivity contribution in [2.24, 2.45) is 0 Å². The van der Waals surface area contributed by atoms with E-state index in [1.807, 2.05) is 0 Å². The van der Waals surface area contributed by atoms with E-state index in [1.54, 1.807) is 0 Å². The molecule has 0 radical (unpaired) electrons. The van der Waals surface area contributed by atoms with E-state index in [1.165, 1.54) is 173 Å². The zero-order valence-electron chi connectivity index (χ0n) is 53.3. The molecule has 0 bridgehead atoms. The van der Waals surface area contributed by atoms with E-state index in [2.05, 4.69) is 130 Å². The summed E-state index contributed by atoms with van der Waals surface area (Å²) in [7, 11) is 0. The van der Waals surface area contributed by atoms with Gasteiger partial charge in [0.2, 0.25) is 0 Å². The topological polar surface area (TPSA) is 78.9 Å². The first kappa shape index (κ1) is 77.1. The Morgan fingerprint density at radius 1 is 0.259 bits per heavy atom. The number of rotatable bonds is 62. The summed E-state index contributed by atoms with van der Waals surface area (Å²) in [6, 6.07) is 0. The minimum Gasteiger partial charge on any atom is -0.462 e. The molecule has 6 nitrogen and oxygen atoms in total. The van der Waals surface area contributed by atoms with Gasteiger partial charge in [-0.25, -0.2) is 0 Å². The van der Waals surface area contributed by atoms with Crippen LogP contribution in [0.3, 0.4) is 0 Å². The Balaban J connectivity index is 4.27. The van der Waals surface area contributed by atoms with Gasteiger partial charge in [0.25, 0.3) is 0 Å². The molecule has 0 aliphatic carbocycles. The Hall–Kier alpha value is -3.93. The smallest absolute Gasteiger partial charge is 0.306 e. The molecule has 0 aliphatic heterocycles. The third-order valence-corrected chi connectivity index (χ3v) is 14.7. The fourth-order valence-corrected chi connectivity index (χ4v) is 9.66. The molecule has 0 heterocycles. The lowest BCUT2D eigenvalue weighted by atomic mass is 10.0. The van der Waals surface area contributed by atoms with Crippen molar-refractivity contribution in [2.75, 3.05) is 13.2 Å². The van der Waals surface area contributed by atoms with Gasteiger partial charge in [-0.1, -0.05) is 297 Å². The highest BCUT2D eigenvalue weighted by Crippen LogP contribution is 2.17. The number of carbonyl (C=O) groups is 3. The quantitative estimate of drug-likeness (QED) is 0.0261. The van der Waals surface area contributed by atoms with E-state index in [-0.39, 0.29) is 31.1 Å². The molecule has 0 aromatic carbocycles. The standard InChI is InChI=1S/C75H128O6/c1-4-7-10-13-16-19-22-25-27-29-31-33-34-35-36-37-38-39-40-42-43-45-47-50-53-56-59-62-65-68-74(77)80-71-72(70-79-73(76)67-64-61-58-55-52-49-24-21-18-15-12-9-6-3)81-75(78)69-66-63-60-57-54-51-48-46-44-41-32-30-28-26-23-20-17-14-11-8-5-2/h7,9-10,12,16,18-19,21,23,25-27,30-33,49,52,72H,4-6,8,11,13-15,17,20,22,24,28-29,34-48,50-51,53-71H2,1-3H3/b10-7-,12-9-,19-16-,21-18-,26-23-,27-25-,32-30-,33-31-,52-49-. The summed E-state index contributed by atoms with van der Waals surface area (Å²) < 4.78 is 16.9. The molecular formula is C75H128O6. The largest absolute Gasteiger partial charge is 0.462 e. The van der Waals surface area contributed by atoms with Crippen LogP contribution in [0.4, 0.5) is 0 Å². The van der Waals surface area contributed by atoms with Crippen molar-refractivity contribution >= 4 is 17.9 Å². The van der Waals surface area contributed by atoms with Gasteiger partial charge in [0, 0.05) is 19.3 Å². The summed E-state index contributed by atoms with van der Waals surface area (Å²) >= 11 is 0. The third kappa shape index (κ3) is 66.8. The molecule has 0 rings (SSSR count). The normalized spacial score (nSPS) is 12.8. The Morgan fingerprint density at radius 2 is 0.481 bits per heavy atom. The predicted octanol–water partition coefficient (Wildman–Crippen LogP) is 23.8. The Kier molecular flexibility index (Phi) is 65.2. The molecule has 0 aliphatic rings. The molecule has 0 aromatic rings. The van der Waals surface area contributed by atoms with Gasteiger partial charge in [0.05, 0.1) is 0 Å². The van der Waals surface area contributed by atoms with Crippen LogP contribution in [-0.4, -0.2) is 37.2 Å². The van der Waals surface area contributed by atoms with Crippen molar-refractivity contribution in [3.8, 4) is 0 Å². The van der Waals surface area contributed by atoms with Crippen molar-refractivity contribution in [1.82, 2.24) is 0 Å². The maximum absolute atomic E-state index is 12.9. The van der Waals surface area contributed by atoms with E-state index in [4.69, 9.17) is 14.2 Å². The lowest BCUT2D eigenvalue weighted by Crippen LogP contribution is -2.30. The number of esters is 3. The van der Waals surface area contributed by atoms with Gasteiger partial charge in [-0.3, -0.25) is 14.4 Å². The average molecular weight is 1130 g/mol. The van der Waals surface area contributed by atoms with Crippen LogP contribution in [0.25, 0.3) is 0 Å². The molecule has 1 unspecified atom stereocenters. The van der Waals surface area contributed by atoms with Gasteiger partial charge in [-0.2, -0.15) is 0 Å². The second-order valence-electron chi connectivity index (χ2n) is 22.7. The summed E-state index contributed by atoms with van der Waals surface area (Å²) in [4.78, 5) is 38.4. The maximum Gasteiger partial charge on any atom is 0.306 e. The third-order valence-electron chi connectivity index (χ3n) is 14.7. The summed E-state index contributed by atoms with van der Waals surface area (Å²) in [6.07, 6.45) is 94.0. The van der Waals surface area contributed by atoms with Crippen molar-refractivity contribution in [3.63, 3.8) is 0 Å². The highest BCUT2D eigenvalue weighted by Gasteiger charge is 2.19. The minimum atomic E-state index is -0.794. The zero-order valence-corrected chi connectivity index (χ0v) is 53.3. The molecular weight excluding hydrogens is 997 g/mol. The van der Waals surface area contributed by atoms with Crippen molar-refractivity contribution in [3.05, 3.63) is 109 Å². The van der Waals surface area contributed by atoms with Gasteiger partial charge in [-0.15, -0.1) is 0 Å². The molecule has 464 valence electrons. The van der Waals surface area contributed by atoms with E-state index in [0.29, 0.717) is 19.3 Å². The number of carbonyl (C=O) groups excluding carboxylic acids is 3. The molecule has 0 saturated carbocycles. The first-order valence-corrected chi connectivity index (χ1v) is 34.4. The molecule has 0 aromatic heterocycles. The Morgan fingerprint density at radius 3 is 0.765 bits per heavy atom. The van der Waals surface area contributed by atoms with Crippen LogP contribution in [0.15, 0.2) is 109 Å². The van der Waals surface area contributed by atoms with Gasteiger partial charge in [0.1, 0.15) is 13.2 Å². The van der Waals surface area contributed by atoms with E-state index in [0.717, 1.165) is 116 Å². The van der Waals surface area contributed by atoms with Gasteiger partial charge in [-0.05, 0) is 122 Å². The van der Waals surface area contributed by atoms with Gasteiger partial charge >= 0.3 is 17.9 Å². The van der Waals surface area contributed by atoms with Crippen LogP contribution in [0, 0.1) is 0 Å². The van der Waals surface area contributed by atoms with E-state index >= 15 is 0 Å². The van der Waals surface area contributed by atoms with Crippen LogP contribution in [0.1, 0.15) is 329 Å². The summed E-state index contributed by atoms with van der Waals surface area (Å²) in [5.41, 5.74) is 0. The Labute approximate surface area is 501 Å². The molecule has 81 heavy (non-hydrogen) atoms. The van der Waals surface area contributed by atoms with Crippen LogP contribution in [0.5, 0.6) is 0 Å². The van der Waals surface area contributed by atoms with Gasteiger partial charge in [0.15, 0.2) is 6.10 Å². The van der Waals surface area contributed by atoms with Crippen LogP contribution < -0.4 is 0 Å². The predicted molar refractivity (Wildman–Crippen MR) is 353 cm³/mol. The summed E-state index contributed by atoms with van der Waals surface area (Å²) in [6.45, 7) is 6.41.